The molecule has 0 saturated carbocycles. The van der Waals surface area contributed by atoms with Crippen molar-refractivity contribution in [1.29, 1.82) is 0 Å². The molecule has 36 heavy (non-hydrogen) atoms. The maximum Gasteiger partial charge on any atom is 0.305 e. The Hall–Kier alpha value is -3.16. The number of aliphatic hydroxyl groups excluding tert-OH is 1. The van der Waals surface area contributed by atoms with E-state index in [0.717, 1.165) is 5.56 Å². The summed E-state index contributed by atoms with van der Waals surface area (Å²) in [7, 11) is 0. The van der Waals surface area contributed by atoms with Crippen LogP contribution in [0.1, 0.15) is 33.9 Å². The number of hydrogen-bond acceptors (Lipinski definition) is 8. The molecule has 0 aromatic heterocycles. The van der Waals surface area contributed by atoms with Crippen molar-refractivity contribution in [2.24, 2.45) is 4.99 Å². The lowest BCUT2D eigenvalue weighted by molar-refractivity contribution is -0.137. The average Bonchev–Trinajstić information content (AvgIpc) is 2.82. The molecule has 0 saturated heterocycles. The number of guanidine groups is 1. The molecule has 2 aromatic rings. The Morgan fingerprint density at radius 3 is 2.64 bits per heavy atom. The number of aliphatic carboxylic acids is 1. The number of aliphatic hydroxyl groups is 1. The number of carboxylic acids is 1. The van der Waals surface area contributed by atoms with E-state index in [2.05, 4.69) is 58.1 Å². The second-order valence-corrected chi connectivity index (χ2v) is 9.87. The highest BCUT2D eigenvalue weighted by molar-refractivity contribution is 9.11. The van der Waals surface area contributed by atoms with Gasteiger partial charge in [-0.3, -0.25) is 19.4 Å². The number of hydrogen-bond donors (Lipinski definition) is 7. The molecule has 7 N–H and O–H groups in total. The second kappa shape index (κ2) is 12.2. The largest absolute Gasteiger partial charge is 0.506 e. The number of anilines is 1. The van der Waals surface area contributed by atoms with Crippen molar-refractivity contribution in [3.8, 4) is 5.75 Å². The fourth-order valence-electron chi connectivity index (χ4n) is 3.41. The Bertz CT molecular complexity index is 1210. The van der Waals surface area contributed by atoms with E-state index in [1.807, 2.05) is 6.92 Å². The standard InChI is InChI=1S/C23H25Br2N5O6/c1-11-2-3-12(4-17(11)30-23-27-8-14(31)9-28-23)22(36)26-10-19(32)29-18(7-20(33)34)15-5-13(24)6-16(25)21(15)35/h2-6,14,18,31,35H,7-10H2,1H3,(H,26,36)(H,29,32)(H,33,34)(H2,27,28,30)/t18-/m0/s1. The molecule has 0 radical (unpaired) electrons. The van der Waals surface area contributed by atoms with Crippen molar-refractivity contribution >= 4 is 61.3 Å². The molecule has 1 heterocycles. The number of rotatable bonds is 8. The first-order chi connectivity index (χ1) is 17.0. The predicted molar refractivity (Wildman–Crippen MR) is 140 cm³/mol. The summed E-state index contributed by atoms with van der Waals surface area (Å²) in [6, 6.07) is 7.04. The number of aromatic hydroxyl groups is 1. The van der Waals surface area contributed by atoms with Gasteiger partial charge in [0.1, 0.15) is 5.75 Å². The fourth-order valence-corrected chi connectivity index (χ4v) is 4.67. The van der Waals surface area contributed by atoms with Gasteiger partial charge in [-0.1, -0.05) is 22.0 Å². The number of carbonyl (C=O) groups excluding carboxylic acids is 2. The summed E-state index contributed by atoms with van der Waals surface area (Å²) in [5.41, 5.74) is 1.99. The lowest BCUT2D eigenvalue weighted by atomic mass is 10.0. The van der Waals surface area contributed by atoms with Crippen molar-refractivity contribution in [3.63, 3.8) is 0 Å². The minimum absolute atomic E-state index is 0.194. The van der Waals surface area contributed by atoms with Crippen LogP contribution >= 0.6 is 31.9 Å². The summed E-state index contributed by atoms with van der Waals surface area (Å²) >= 11 is 6.48. The molecule has 1 aliphatic rings. The summed E-state index contributed by atoms with van der Waals surface area (Å²) in [6.07, 6.45) is -1.03. The lowest BCUT2D eigenvalue weighted by Gasteiger charge is -2.21. The maximum atomic E-state index is 12.7. The summed E-state index contributed by atoms with van der Waals surface area (Å²) in [5, 5.41) is 40.3. The minimum atomic E-state index is -1.17. The summed E-state index contributed by atoms with van der Waals surface area (Å²) < 4.78 is 0.911. The van der Waals surface area contributed by atoms with Crippen LogP contribution in [0.5, 0.6) is 5.75 Å². The third kappa shape index (κ3) is 7.42. The highest BCUT2D eigenvalue weighted by atomic mass is 79.9. The number of phenolic OH excluding ortho intramolecular Hbond substituents is 1. The quantitative estimate of drug-likeness (QED) is 0.233. The van der Waals surface area contributed by atoms with Gasteiger partial charge >= 0.3 is 5.97 Å². The van der Waals surface area contributed by atoms with Crippen LogP contribution in [0.25, 0.3) is 0 Å². The van der Waals surface area contributed by atoms with Crippen LogP contribution in [0.4, 0.5) is 5.69 Å². The second-order valence-electron chi connectivity index (χ2n) is 8.10. The van der Waals surface area contributed by atoms with Crippen molar-refractivity contribution in [2.75, 3.05) is 25.0 Å². The van der Waals surface area contributed by atoms with E-state index in [1.54, 1.807) is 24.3 Å². The number of β-amino-alcohol motifs (C(OH)–C–C–N with tert-alkyl or cyclic N) is 1. The van der Waals surface area contributed by atoms with Gasteiger partial charge in [0.05, 0.1) is 36.1 Å². The van der Waals surface area contributed by atoms with E-state index in [4.69, 9.17) is 0 Å². The highest BCUT2D eigenvalue weighted by Gasteiger charge is 2.23. The molecule has 0 spiro atoms. The monoisotopic (exact) mass is 625 g/mol. The van der Waals surface area contributed by atoms with Crippen LogP contribution < -0.4 is 21.3 Å². The Balaban J connectivity index is 1.65. The molecule has 192 valence electrons. The zero-order valence-electron chi connectivity index (χ0n) is 19.1. The van der Waals surface area contributed by atoms with Crippen molar-refractivity contribution in [2.45, 2.75) is 25.5 Å². The smallest absolute Gasteiger partial charge is 0.305 e. The summed E-state index contributed by atoms with van der Waals surface area (Å²) in [6.45, 7) is 2.07. The predicted octanol–water partition coefficient (Wildman–Crippen LogP) is 2.02. The van der Waals surface area contributed by atoms with Crippen LogP contribution in [-0.4, -0.2) is 64.8 Å². The minimum Gasteiger partial charge on any atom is -0.506 e. The molecule has 13 heteroatoms. The van der Waals surface area contributed by atoms with E-state index in [0.29, 0.717) is 32.7 Å². The number of nitrogens with zero attached hydrogens (tertiary/aromatic N) is 1. The molecule has 0 fully saturated rings. The topological polar surface area (TPSA) is 172 Å². The number of phenols is 1. The Morgan fingerprint density at radius 2 is 1.97 bits per heavy atom. The molecule has 0 aliphatic carbocycles. The average molecular weight is 627 g/mol. The van der Waals surface area contributed by atoms with Gasteiger partial charge in [-0.05, 0) is 52.7 Å². The Morgan fingerprint density at radius 1 is 1.22 bits per heavy atom. The van der Waals surface area contributed by atoms with Gasteiger partial charge in [0.15, 0.2) is 5.96 Å². The van der Waals surface area contributed by atoms with Crippen molar-refractivity contribution in [1.82, 2.24) is 16.0 Å². The van der Waals surface area contributed by atoms with Crippen LogP contribution in [-0.2, 0) is 9.59 Å². The summed E-state index contributed by atoms with van der Waals surface area (Å²) in [4.78, 5) is 40.8. The van der Waals surface area contributed by atoms with Gasteiger partial charge in [0.2, 0.25) is 5.91 Å². The van der Waals surface area contributed by atoms with E-state index >= 15 is 0 Å². The van der Waals surface area contributed by atoms with E-state index < -0.39 is 42.9 Å². The first-order valence-electron chi connectivity index (χ1n) is 10.8. The molecular formula is C23H25Br2N5O6. The molecule has 2 atom stereocenters. The molecule has 3 rings (SSSR count). The van der Waals surface area contributed by atoms with Gasteiger partial charge in [0.25, 0.3) is 5.91 Å². The van der Waals surface area contributed by atoms with E-state index in [-0.39, 0.29) is 17.9 Å². The van der Waals surface area contributed by atoms with Gasteiger partial charge in [-0.15, -0.1) is 0 Å². The highest BCUT2D eigenvalue weighted by Crippen LogP contribution is 2.36. The number of aryl methyl sites for hydroxylation is 1. The normalized spacial score (nSPS) is 15.8. The first kappa shape index (κ1) is 27.4. The number of halogens is 2. The van der Waals surface area contributed by atoms with Crippen LogP contribution in [0.2, 0.25) is 0 Å². The third-order valence-corrected chi connectivity index (χ3v) is 6.34. The van der Waals surface area contributed by atoms with Crippen LogP contribution in [0.3, 0.4) is 0 Å². The molecule has 11 nitrogen and oxygen atoms in total. The number of amides is 2. The molecule has 1 unspecified atom stereocenters. The maximum absolute atomic E-state index is 12.7. The Kier molecular flexibility index (Phi) is 9.29. The number of carbonyl (C=O) groups is 3. The van der Waals surface area contributed by atoms with E-state index in [9.17, 15) is 29.7 Å². The number of nitrogens with one attached hydrogen (secondary N) is 4. The van der Waals surface area contributed by atoms with Gasteiger partial charge in [0, 0.05) is 27.8 Å². The fraction of sp³-hybridized carbons (Fsp3) is 0.304. The van der Waals surface area contributed by atoms with Crippen LogP contribution in [0.15, 0.2) is 44.3 Å². The number of carboxylic acid groups (broad SMARTS) is 1. The van der Waals surface area contributed by atoms with Gasteiger partial charge in [-0.25, -0.2) is 0 Å². The molecule has 0 bridgehead atoms. The van der Waals surface area contributed by atoms with Crippen LogP contribution in [0, 0.1) is 6.92 Å². The van der Waals surface area contributed by atoms with Gasteiger partial charge < -0.3 is 36.6 Å². The lowest BCUT2D eigenvalue weighted by Crippen LogP contribution is -2.42. The van der Waals surface area contributed by atoms with E-state index in [1.165, 1.54) is 6.07 Å². The number of aliphatic imine (C=N–C) groups is 1. The Labute approximate surface area is 223 Å². The third-order valence-electron chi connectivity index (χ3n) is 5.27. The van der Waals surface area contributed by atoms with Crippen molar-refractivity contribution in [3.05, 3.63) is 56.0 Å². The molecule has 1 aliphatic heterocycles. The zero-order chi connectivity index (χ0) is 26.4. The molecular weight excluding hydrogens is 602 g/mol. The van der Waals surface area contributed by atoms with Gasteiger partial charge in [-0.2, -0.15) is 0 Å². The summed E-state index contributed by atoms with van der Waals surface area (Å²) in [5.74, 6) is -2.03. The SMILES string of the molecule is Cc1ccc(C(=O)NCC(=O)N[C@@H](CC(=O)O)c2cc(Br)cc(Br)c2O)cc1NC1=NCC(O)CN1. The van der Waals surface area contributed by atoms with Crippen molar-refractivity contribution < 1.29 is 29.7 Å². The zero-order valence-corrected chi connectivity index (χ0v) is 22.3. The molecule has 2 aromatic carbocycles. The number of benzene rings is 2. The first-order valence-corrected chi connectivity index (χ1v) is 12.4. The molecule has 2 amide bonds.